The van der Waals surface area contributed by atoms with Crippen molar-refractivity contribution in [3.05, 3.63) is 189 Å². The molecule has 0 amide bonds. The van der Waals surface area contributed by atoms with Crippen LogP contribution in [0.5, 0.6) is 0 Å². The molecule has 0 radical (unpaired) electrons. The van der Waals surface area contributed by atoms with Gasteiger partial charge in [0.05, 0.1) is 27.8 Å². The fraction of sp³-hybridized carbons (Fsp3) is 0.385. The molecule has 0 saturated heterocycles. The Labute approximate surface area is 491 Å². The second kappa shape index (κ2) is 17.0. The maximum Gasteiger partial charge on any atom is 0.247 e. The summed E-state index contributed by atoms with van der Waals surface area (Å²) in [5.74, 6) is 0. The number of rotatable bonds is 2. The summed E-state index contributed by atoms with van der Waals surface area (Å²) < 4.78 is 5.24. The van der Waals surface area contributed by atoms with E-state index in [1.54, 1.807) is 0 Å². The molecule has 3 aliphatic heterocycles. The van der Waals surface area contributed by atoms with E-state index in [1.165, 1.54) is 144 Å². The van der Waals surface area contributed by atoms with Crippen molar-refractivity contribution in [2.24, 2.45) is 0 Å². The van der Waals surface area contributed by atoms with Crippen molar-refractivity contribution >= 4 is 83.8 Å². The molecule has 0 spiro atoms. The van der Waals surface area contributed by atoms with Crippen LogP contribution < -0.4 is 21.3 Å². The normalized spacial score (nSPS) is 15.8. The molecular formula is C78H88BN3. The minimum absolute atomic E-state index is 0.0135. The molecule has 4 heteroatoms. The summed E-state index contributed by atoms with van der Waals surface area (Å²) in [6, 6.07) is 54.6. The van der Waals surface area contributed by atoms with E-state index in [-0.39, 0.29) is 50.0 Å². The Hall–Kier alpha value is -6.78. The summed E-state index contributed by atoms with van der Waals surface area (Å²) in [6.45, 7) is 52.3. The smallest absolute Gasteiger partial charge is 0.247 e. The number of aromatic nitrogens is 2. The van der Waals surface area contributed by atoms with Crippen LogP contribution >= 0.6 is 0 Å². The molecule has 0 fully saturated rings. The van der Waals surface area contributed by atoms with Gasteiger partial charge in [0.15, 0.2) is 0 Å². The molecule has 0 atom stereocenters. The van der Waals surface area contributed by atoms with E-state index in [2.05, 4.69) is 300 Å². The highest BCUT2D eigenvalue weighted by molar-refractivity contribution is 6.99. The standard InChI is InChI=1S/C78H88BN3/c1-71(2,3)45-23-29-51(30-24-45)80-63-33-27-47(73(7,8)9)35-53(63)54-42-62-67(44-66(54)80)81(52-31-25-46(26-32-52)72(4,5)6)68-40-50(76(16,17)18)38-59-69(68)79(62)61-41-55-56-36-49(75(13,14)15)39-60-70(56)82(65(55)43-57(61)77(59,19)20)64-34-28-48(74(10,11)12)37-58(64)78(60,21)22/h23-44H,1-22H3. The van der Waals surface area contributed by atoms with E-state index in [0.29, 0.717) is 0 Å². The molecule has 82 heavy (non-hydrogen) atoms. The zero-order valence-electron chi connectivity index (χ0n) is 53.6. The largest absolute Gasteiger partial charge is 0.311 e. The zero-order valence-corrected chi connectivity index (χ0v) is 53.6. The molecule has 2 aromatic heterocycles. The van der Waals surface area contributed by atoms with Gasteiger partial charge < -0.3 is 14.0 Å². The molecule has 0 saturated carbocycles. The average Bonchev–Trinajstić information content (AvgIpc) is 1.57. The second-order valence-corrected chi connectivity index (χ2v) is 32.5. The monoisotopic (exact) mass is 1080 g/mol. The Morgan fingerprint density at radius 3 is 1.33 bits per heavy atom. The van der Waals surface area contributed by atoms with Crippen molar-refractivity contribution in [3.63, 3.8) is 0 Å². The summed E-state index contributed by atoms with van der Waals surface area (Å²) in [6.07, 6.45) is 0. The molecule has 13 rings (SSSR count). The van der Waals surface area contributed by atoms with E-state index in [9.17, 15) is 0 Å². The minimum Gasteiger partial charge on any atom is -0.311 e. The first kappa shape index (κ1) is 54.5. The summed E-state index contributed by atoms with van der Waals surface area (Å²) in [4.78, 5) is 2.66. The summed E-state index contributed by atoms with van der Waals surface area (Å²) >= 11 is 0. The van der Waals surface area contributed by atoms with Gasteiger partial charge in [-0.05, 0) is 166 Å². The molecule has 0 aliphatic carbocycles. The summed E-state index contributed by atoms with van der Waals surface area (Å²) in [5, 5.41) is 5.28. The Morgan fingerprint density at radius 1 is 0.305 bits per heavy atom. The van der Waals surface area contributed by atoms with Crippen LogP contribution in [0.3, 0.4) is 0 Å². The van der Waals surface area contributed by atoms with E-state index < -0.39 is 0 Å². The first-order valence-corrected chi connectivity index (χ1v) is 30.6. The van der Waals surface area contributed by atoms with Gasteiger partial charge in [0.25, 0.3) is 0 Å². The van der Waals surface area contributed by atoms with E-state index in [4.69, 9.17) is 0 Å². The average molecular weight is 1080 g/mol. The van der Waals surface area contributed by atoms with Gasteiger partial charge in [-0.15, -0.1) is 0 Å². The highest BCUT2D eigenvalue weighted by Crippen LogP contribution is 2.53. The third-order valence-corrected chi connectivity index (χ3v) is 19.9. The number of hydrogen-bond donors (Lipinski definition) is 0. The van der Waals surface area contributed by atoms with Crippen LogP contribution in [0.15, 0.2) is 133 Å². The minimum atomic E-state index is -0.353. The zero-order chi connectivity index (χ0) is 58.9. The van der Waals surface area contributed by atoms with Gasteiger partial charge in [-0.1, -0.05) is 225 Å². The number of benzene rings is 8. The van der Waals surface area contributed by atoms with Gasteiger partial charge in [0.1, 0.15) is 0 Å². The molecule has 0 unspecified atom stereocenters. The Bertz CT molecular complexity index is 4350. The lowest BCUT2D eigenvalue weighted by Crippen LogP contribution is -2.64. The molecule has 8 aromatic carbocycles. The number of anilines is 3. The molecular weight excluding hydrogens is 990 g/mol. The van der Waals surface area contributed by atoms with Crippen molar-refractivity contribution in [1.29, 1.82) is 0 Å². The molecule has 3 aliphatic rings. The van der Waals surface area contributed by atoms with Crippen molar-refractivity contribution in [2.75, 3.05) is 4.90 Å². The van der Waals surface area contributed by atoms with Crippen molar-refractivity contribution in [3.8, 4) is 11.4 Å². The first-order valence-electron chi connectivity index (χ1n) is 30.6. The summed E-state index contributed by atoms with van der Waals surface area (Å²) in [7, 11) is 0. The number of fused-ring (bicyclic) bond motifs is 12. The molecule has 5 heterocycles. The van der Waals surface area contributed by atoms with Crippen LogP contribution in [0.2, 0.25) is 0 Å². The second-order valence-electron chi connectivity index (χ2n) is 32.5. The summed E-state index contributed by atoms with van der Waals surface area (Å²) in [5.41, 5.74) is 28.6. The Kier molecular flexibility index (Phi) is 11.3. The van der Waals surface area contributed by atoms with E-state index in [1.807, 2.05) is 0 Å². The molecule has 10 aromatic rings. The first-order chi connectivity index (χ1) is 38.0. The maximum absolute atomic E-state index is 2.69. The molecule has 0 N–H and O–H groups in total. The lowest BCUT2D eigenvalue weighted by molar-refractivity contribution is 0.573. The van der Waals surface area contributed by atoms with Crippen LogP contribution in [0.1, 0.15) is 208 Å². The lowest BCUT2D eigenvalue weighted by atomic mass is 9.30. The predicted octanol–water partition coefficient (Wildman–Crippen LogP) is 19.2. The maximum atomic E-state index is 2.69. The predicted molar refractivity (Wildman–Crippen MR) is 357 cm³/mol. The SMILES string of the molecule is CC(C)(C)c1ccc(N2c3cc4c(cc3B3c5cc6c7cc(C(C)(C)C)cc8c7n(c6cc5C(C)(C)c5cc(C(C)(C)C)cc2c53)-c2ccc(C(C)(C)C)cc2C8(C)C)c2cc(C(C)(C)C)ccc2n4-c2ccc(C(C)(C)C)cc2)cc1. The van der Waals surface area contributed by atoms with Gasteiger partial charge in [-0.25, -0.2) is 0 Å². The van der Waals surface area contributed by atoms with Gasteiger partial charge in [0, 0.05) is 55.1 Å². The highest BCUT2D eigenvalue weighted by atomic mass is 15.2. The Morgan fingerprint density at radius 2 is 0.744 bits per heavy atom. The van der Waals surface area contributed by atoms with Crippen molar-refractivity contribution in [1.82, 2.24) is 9.13 Å². The number of nitrogens with zero attached hydrogens (tertiary/aromatic N) is 3. The van der Waals surface area contributed by atoms with Gasteiger partial charge >= 0.3 is 0 Å². The van der Waals surface area contributed by atoms with Crippen LogP contribution in [0.4, 0.5) is 17.1 Å². The van der Waals surface area contributed by atoms with Crippen LogP contribution in [-0.2, 0) is 43.3 Å². The fourth-order valence-electron chi connectivity index (χ4n) is 14.6. The van der Waals surface area contributed by atoms with Crippen molar-refractivity contribution < 1.29 is 0 Å². The number of hydrogen-bond acceptors (Lipinski definition) is 1. The lowest BCUT2D eigenvalue weighted by Gasteiger charge is -2.46. The topological polar surface area (TPSA) is 13.1 Å². The van der Waals surface area contributed by atoms with Gasteiger partial charge in [-0.2, -0.15) is 0 Å². The van der Waals surface area contributed by atoms with Gasteiger partial charge in [0.2, 0.25) is 6.71 Å². The fourth-order valence-corrected chi connectivity index (χ4v) is 14.6. The van der Waals surface area contributed by atoms with Crippen LogP contribution in [0.25, 0.3) is 55.0 Å². The third kappa shape index (κ3) is 7.95. The quantitative estimate of drug-likeness (QED) is 0.157. The highest BCUT2D eigenvalue weighted by Gasteiger charge is 2.48. The van der Waals surface area contributed by atoms with Gasteiger partial charge in [-0.3, -0.25) is 0 Å². The van der Waals surface area contributed by atoms with Crippen molar-refractivity contribution in [2.45, 2.75) is 196 Å². The molecule has 3 nitrogen and oxygen atoms in total. The molecule has 418 valence electrons. The third-order valence-electron chi connectivity index (χ3n) is 19.9. The van der Waals surface area contributed by atoms with Crippen LogP contribution in [-0.4, -0.2) is 15.8 Å². The van der Waals surface area contributed by atoms with Crippen LogP contribution in [0, 0.1) is 0 Å². The van der Waals surface area contributed by atoms with E-state index >= 15 is 0 Å². The Balaban J connectivity index is 1.19. The molecule has 0 bridgehead atoms. The van der Waals surface area contributed by atoms with E-state index in [0.717, 1.165) is 0 Å².